The molecule has 1 fully saturated rings. The molecule has 70 valence electrons. The van der Waals surface area contributed by atoms with Gasteiger partial charge in [0.25, 0.3) is 0 Å². The summed E-state index contributed by atoms with van der Waals surface area (Å²) in [5.41, 5.74) is 0.602. The number of halogens is 1. The molecule has 0 bridgehead atoms. The minimum atomic E-state index is -0.531. The predicted octanol–water partition coefficient (Wildman–Crippen LogP) is 2.05. The average molecular weight is 181 g/mol. The van der Waals surface area contributed by atoms with E-state index < -0.39 is 6.10 Å². The minimum absolute atomic E-state index is 0.309. The lowest BCUT2D eigenvalue weighted by atomic mass is 9.79. The predicted molar refractivity (Wildman–Crippen MR) is 46.5 cm³/mol. The van der Waals surface area contributed by atoms with E-state index in [2.05, 4.69) is 4.98 Å². The van der Waals surface area contributed by atoms with Crippen LogP contribution >= 0.6 is 0 Å². The average Bonchev–Trinajstić information content (AvgIpc) is 2.01. The van der Waals surface area contributed by atoms with Gasteiger partial charge in [0.2, 0.25) is 0 Å². The van der Waals surface area contributed by atoms with Crippen LogP contribution in [-0.2, 0) is 0 Å². The summed E-state index contributed by atoms with van der Waals surface area (Å²) in [7, 11) is 0. The van der Waals surface area contributed by atoms with Crippen LogP contribution in [-0.4, -0.2) is 10.1 Å². The lowest BCUT2D eigenvalue weighted by Gasteiger charge is -2.30. The van der Waals surface area contributed by atoms with Crippen molar-refractivity contribution >= 4 is 0 Å². The second kappa shape index (κ2) is 3.42. The van der Waals surface area contributed by atoms with Gasteiger partial charge in [0.15, 0.2) is 0 Å². The summed E-state index contributed by atoms with van der Waals surface area (Å²) in [6, 6.07) is 1.36. The van der Waals surface area contributed by atoms with E-state index in [1.165, 1.54) is 18.7 Å². The third-order valence-electron chi connectivity index (χ3n) is 2.66. The maximum Gasteiger partial charge on any atom is 0.141 e. The molecule has 1 aliphatic rings. The maximum absolute atomic E-state index is 12.7. The number of hydrogen-bond acceptors (Lipinski definition) is 2. The van der Waals surface area contributed by atoms with Crippen LogP contribution in [0, 0.1) is 11.7 Å². The highest BCUT2D eigenvalue weighted by Crippen LogP contribution is 2.37. The Bertz CT molecular complexity index is 299. The molecule has 0 amide bonds. The van der Waals surface area contributed by atoms with E-state index >= 15 is 0 Å². The highest BCUT2D eigenvalue weighted by molar-refractivity contribution is 5.14. The van der Waals surface area contributed by atoms with Gasteiger partial charge in [-0.25, -0.2) is 4.39 Å². The minimum Gasteiger partial charge on any atom is -0.388 e. The Balaban J connectivity index is 2.14. The molecule has 1 saturated carbocycles. The number of hydrogen-bond donors (Lipinski definition) is 1. The lowest BCUT2D eigenvalue weighted by Crippen LogP contribution is -2.20. The van der Waals surface area contributed by atoms with Gasteiger partial charge in [-0.2, -0.15) is 0 Å². The summed E-state index contributed by atoms with van der Waals surface area (Å²) in [5.74, 6) is -0.0699. The molecule has 0 radical (unpaired) electrons. The molecule has 1 atom stereocenters. The fourth-order valence-electron chi connectivity index (χ4n) is 1.62. The van der Waals surface area contributed by atoms with Crippen LogP contribution in [0.1, 0.15) is 30.9 Å². The SMILES string of the molecule is OC(c1cncc(F)c1)C1CCC1. The quantitative estimate of drug-likeness (QED) is 0.757. The third-order valence-corrected chi connectivity index (χ3v) is 2.66. The molecule has 2 rings (SSSR count). The molecule has 1 N–H and O–H groups in total. The van der Waals surface area contributed by atoms with Gasteiger partial charge in [0, 0.05) is 11.8 Å². The monoisotopic (exact) mass is 181 g/mol. The lowest BCUT2D eigenvalue weighted by molar-refractivity contribution is 0.0615. The van der Waals surface area contributed by atoms with Gasteiger partial charge < -0.3 is 5.11 Å². The Kier molecular flexibility index (Phi) is 2.27. The highest BCUT2D eigenvalue weighted by atomic mass is 19.1. The van der Waals surface area contributed by atoms with Gasteiger partial charge in [-0.3, -0.25) is 4.98 Å². The molecule has 1 aromatic heterocycles. The van der Waals surface area contributed by atoms with E-state index in [-0.39, 0.29) is 5.82 Å². The Morgan fingerprint density at radius 2 is 2.23 bits per heavy atom. The number of nitrogens with zero attached hydrogens (tertiary/aromatic N) is 1. The highest BCUT2D eigenvalue weighted by Gasteiger charge is 2.26. The summed E-state index contributed by atoms with van der Waals surface area (Å²) >= 11 is 0. The van der Waals surface area contributed by atoms with Gasteiger partial charge >= 0.3 is 0 Å². The van der Waals surface area contributed by atoms with Crippen molar-refractivity contribution in [3.05, 3.63) is 29.8 Å². The van der Waals surface area contributed by atoms with Crippen molar-refractivity contribution in [2.75, 3.05) is 0 Å². The Labute approximate surface area is 76.4 Å². The first-order chi connectivity index (χ1) is 6.27. The number of aliphatic hydroxyl groups excluding tert-OH is 1. The number of aliphatic hydroxyl groups is 1. The second-order valence-electron chi connectivity index (χ2n) is 3.57. The van der Waals surface area contributed by atoms with Crippen molar-refractivity contribution in [2.45, 2.75) is 25.4 Å². The van der Waals surface area contributed by atoms with Gasteiger partial charge in [0.1, 0.15) is 5.82 Å². The van der Waals surface area contributed by atoms with Crippen molar-refractivity contribution in [1.29, 1.82) is 0 Å². The van der Waals surface area contributed by atoms with Gasteiger partial charge in [-0.15, -0.1) is 0 Å². The van der Waals surface area contributed by atoms with Crippen LogP contribution < -0.4 is 0 Å². The van der Waals surface area contributed by atoms with Crippen LogP contribution in [0.25, 0.3) is 0 Å². The molecule has 1 unspecified atom stereocenters. The molecular weight excluding hydrogens is 169 g/mol. The van der Waals surface area contributed by atoms with Crippen molar-refractivity contribution in [2.24, 2.45) is 5.92 Å². The summed E-state index contributed by atoms with van der Waals surface area (Å²) in [6.07, 6.45) is 5.40. The normalized spacial score (nSPS) is 19.5. The molecule has 3 heteroatoms. The smallest absolute Gasteiger partial charge is 0.141 e. The van der Waals surface area contributed by atoms with Crippen LogP contribution in [0.4, 0.5) is 4.39 Å². The summed E-state index contributed by atoms with van der Waals surface area (Å²) in [5, 5.41) is 9.76. The van der Waals surface area contributed by atoms with Crippen molar-refractivity contribution in [3.8, 4) is 0 Å². The first kappa shape index (κ1) is 8.63. The van der Waals surface area contributed by atoms with Crippen molar-refractivity contribution in [1.82, 2.24) is 4.98 Å². The maximum atomic E-state index is 12.7. The summed E-state index contributed by atoms with van der Waals surface area (Å²) in [4.78, 5) is 3.71. The Morgan fingerprint density at radius 3 is 2.77 bits per heavy atom. The van der Waals surface area contributed by atoms with Crippen LogP contribution in [0.15, 0.2) is 18.5 Å². The van der Waals surface area contributed by atoms with E-state index in [0.29, 0.717) is 11.5 Å². The molecule has 1 aliphatic carbocycles. The van der Waals surface area contributed by atoms with Gasteiger partial charge in [-0.05, 0) is 24.8 Å². The molecule has 13 heavy (non-hydrogen) atoms. The summed E-state index contributed by atoms with van der Waals surface area (Å²) in [6.45, 7) is 0. The van der Waals surface area contributed by atoms with E-state index in [0.717, 1.165) is 19.0 Å². The van der Waals surface area contributed by atoms with Gasteiger partial charge in [-0.1, -0.05) is 6.42 Å². The van der Waals surface area contributed by atoms with Gasteiger partial charge in [0.05, 0.1) is 12.3 Å². The largest absolute Gasteiger partial charge is 0.388 e. The fourth-order valence-corrected chi connectivity index (χ4v) is 1.62. The molecule has 1 heterocycles. The molecule has 0 spiro atoms. The first-order valence-corrected chi connectivity index (χ1v) is 4.56. The standard InChI is InChI=1S/C10H12FNO/c11-9-4-8(5-12-6-9)10(13)7-2-1-3-7/h4-7,10,13H,1-3H2. The Hall–Kier alpha value is -0.960. The van der Waals surface area contributed by atoms with Crippen molar-refractivity contribution in [3.63, 3.8) is 0 Å². The molecule has 2 nitrogen and oxygen atoms in total. The van der Waals surface area contributed by atoms with E-state index in [4.69, 9.17) is 0 Å². The number of aromatic nitrogens is 1. The number of rotatable bonds is 2. The second-order valence-corrected chi connectivity index (χ2v) is 3.57. The molecule has 1 aromatic rings. The molecular formula is C10H12FNO. The Morgan fingerprint density at radius 1 is 1.46 bits per heavy atom. The zero-order valence-corrected chi connectivity index (χ0v) is 7.28. The van der Waals surface area contributed by atoms with E-state index in [9.17, 15) is 9.50 Å². The zero-order chi connectivity index (χ0) is 9.26. The molecule has 0 aliphatic heterocycles. The fraction of sp³-hybridized carbons (Fsp3) is 0.500. The summed E-state index contributed by atoms with van der Waals surface area (Å²) < 4.78 is 12.7. The first-order valence-electron chi connectivity index (χ1n) is 4.56. The topological polar surface area (TPSA) is 33.1 Å². The van der Waals surface area contributed by atoms with Crippen LogP contribution in [0.2, 0.25) is 0 Å². The molecule has 0 saturated heterocycles. The van der Waals surface area contributed by atoms with Crippen molar-refractivity contribution < 1.29 is 9.50 Å². The zero-order valence-electron chi connectivity index (χ0n) is 7.28. The third kappa shape index (κ3) is 1.70. The van der Waals surface area contributed by atoms with E-state index in [1.54, 1.807) is 0 Å². The van der Waals surface area contributed by atoms with Crippen LogP contribution in [0.5, 0.6) is 0 Å². The van der Waals surface area contributed by atoms with Crippen LogP contribution in [0.3, 0.4) is 0 Å². The van der Waals surface area contributed by atoms with E-state index in [1.807, 2.05) is 0 Å². The molecule has 0 aromatic carbocycles. The number of pyridine rings is 1.